The summed E-state index contributed by atoms with van der Waals surface area (Å²) >= 11 is 0. The van der Waals surface area contributed by atoms with Crippen LogP contribution in [0.25, 0.3) is 0 Å². The Morgan fingerprint density at radius 3 is 2.65 bits per heavy atom. The number of aromatic nitrogens is 1. The van der Waals surface area contributed by atoms with E-state index in [1.807, 2.05) is 0 Å². The molecule has 0 unspecified atom stereocenters. The number of nitrogens with zero attached hydrogens (tertiary/aromatic N) is 2. The predicted octanol–water partition coefficient (Wildman–Crippen LogP) is 2.65. The molecule has 9 nitrogen and oxygen atoms in total. The van der Waals surface area contributed by atoms with E-state index in [0.29, 0.717) is 28.2 Å². The molecule has 0 saturated heterocycles. The maximum atomic E-state index is 12.8. The quantitative estimate of drug-likeness (QED) is 0.357. The van der Waals surface area contributed by atoms with E-state index in [1.54, 1.807) is 37.3 Å². The van der Waals surface area contributed by atoms with Crippen molar-refractivity contribution in [3.05, 3.63) is 77.6 Å². The summed E-state index contributed by atoms with van der Waals surface area (Å²) in [6.07, 6.45) is 4.38. The van der Waals surface area contributed by atoms with Gasteiger partial charge in [-0.25, -0.2) is 5.43 Å². The number of hydrogen-bond donors (Lipinski definition) is 1. The second-order valence-electron chi connectivity index (χ2n) is 6.52. The molecule has 31 heavy (non-hydrogen) atoms. The van der Waals surface area contributed by atoms with E-state index in [9.17, 15) is 13.2 Å². The second kappa shape index (κ2) is 8.44. The number of aryl methyl sites for hydroxylation is 1. The minimum absolute atomic E-state index is 0.0135. The van der Waals surface area contributed by atoms with Crippen LogP contribution in [0.4, 0.5) is 0 Å². The molecule has 2 heterocycles. The number of fused-ring (bicyclic) bond motifs is 1. The number of benzene rings is 2. The van der Waals surface area contributed by atoms with E-state index in [1.165, 1.54) is 36.8 Å². The number of hydrazone groups is 1. The smallest absolute Gasteiger partial charge is 0.339 e. The van der Waals surface area contributed by atoms with Gasteiger partial charge in [-0.2, -0.15) is 13.5 Å². The average Bonchev–Trinajstić information content (AvgIpc) is 3.21. The summed E-state index contributed by atoms with van der Waals surface area (Å²) in [5, 5.41) is 3.89. The van der Waals surface area contributed by atoms with Crippen LogP contribution in [0.2, 0.25) is 0 Å². The highest BCUT2D eigenvalue weighted by Crippen LogP contribution is 2.36. The third-order valence-corrected chi connectivity index (χ3v) is 5.72. The van der Waals surface area contributed by atoms with Gasteiger partial charge in [0.15, 0.2) is 11.5 Å². The van der Waals surface area contributed by atoms with Crippen molar-refractivity contribution in [2.45, 2.75) is 11.8 Å². The van der Waals surface area contributed by atoms with Gasteiger partial charge in [0.05, 0.1) is 6.21 Å². The largest absolute Gasteiger partial charge is 0.454 e. The number of nitrogens with one attached hydrogen (secondary N) is 1. The summed E-state index contributed by atoms with van der Waals surface area (Å²) in [4.78, 5) is 15.8. The fraction of sp³-hybridized carbons (Fsp3) is 0.0952. The SMILES string of the molecule is Cc1cc2c(cc1S(=O)(=O)Oc1cccc(/C=N/NC(=O)c3ccncc3)c1)OCO2. The Balaban J connectivity index is 1.48. The highest BCUT2D eigenvalue weighted by Gasteiger charge is 2.25. The molecule has 0 saturated carbocycles. The fourth-order valence-electron chi connectivity index (χ4n) is 2.85. The minimum Gasteiger partial charge on any atom is -0.454 e. The summed E-state index contributed by atoms with van der Waals surface area (Å²) in [6.45, 7) is 1.69. The minimum atomic E-state index is -4.11. The van der Waals surface area contributed by atoms with E-state index in [4.69, 9.17) is 13.7 Å². The first-order chi connectivity index (χ1) is 14.9. The van der Waals surface area contributed by atoms with E-state index in [-0.39, 0.29) is 17.4 Å². The summed E-state index contributed by atoms with van der Waals surface area (Å²) in [6, 6.07) is 12.4. The Kier molecular flexibility index (Phi) is 5.54. The van der Waals surface area contributed by atoms with Crippen LogP contribution < -0.4 is 19.1 Å². The van der Waals surface area contributed by atoms with Crippen molar-refractivity contribution < 1.29 is 26.9 Å². The van der Waals surface area contributed by atoms with Crippen molar-refractivity contribution in [2.75, 3.05) is 6.79 Å². The zero-order valence-electron chi connectivity index (χ0n) is 16.3. The summed E-state index contributed by atoms with van der Waals surface area (Å²) in [5.41, 5.74) is 3.81. The lowest BCUT2D eigenvalue weighted by molar-refractivity contribution is 0.0955. The molecule has 1 amide bonds. The van der Waals surface area contributed by atoms with Crippen LogP contribution in [0.5, 0.6) is 17.2 Å². The first-order valence-electron chi connectivity index (χ1n) is 9.10. The molecule has 0 atom stereocenters. The van der Waals surface area contributed by atoms with Crippen LogP contribution >= 0.6 is 0 Å². The third kappa shape index (κ3) is 4.64. The maximum Gasteiger partial charge on any atom is 0.339 e. The molecule has 3 aromatic rings. The van der Waals surface area contributed by atoms with Crippen molar-refractivity contribution in [3.63, 3.8) is 0 Å². The molecule has 10 heteroatoms. The van der Waals surface area contributed by atoms with Gasteiger partial charge in [-0.15, -0.1) is 0 Å². The highest BCUT2D eigenvalue weighted by molar-refractivity contribution is 7.87. The van der Waals surface area contributed by atoms with Crippen molar-refractivity contribution >= 4 is 22.2 Å². The number of hydrogen-bond acceptors (Lipinski definition) is 8. The van der Waals surface area contributed by atoms with E-state index in [0.717, 1.165) is 0 Å². The molecule has 0 aliphatic carbocycles. The van der Waals surface area contributed by atoms with Crippen LogP contribution in [0, 0.1) is 6.92 Å². The van der Waals surface area contributed by atoms with Gasteiger partial charge in [0.25, 0.3) is 5.91 Å². The predicted molar refractivity (Wildman–Crippen MR) is 111 cm³/mol. The van der Waals surface area contributed by atoms with Crippen LogP contribution in [0.3, 0.4) is 0 Å². The van der Waals surface area contributed by atoms with Crippen molar-refractivity contribution in [3.8, 4) is 17.2 Å². The Bertz CT molecular complexity index is 1260. The Morgan fingerprint density at radius 1 is 1.13 bits per heavy atom. The summed E-state index contributed by atoms with van der Waals surface area (Å²) in [7, 11) is -4.11. The molecule has 0 fully saturated rings. The summed E-state index contributed by atoms with van der Waals surface area (Å²) < 4.78 is 41.4. The molecular weight excluding hydrogens is 422 g/mol. The van der Waals surface area contributed by atoms with Crippen LogP contribution in [-0.4, -0.2) is 32.3 Å². The monoisotopic (exact) mass is 439 g/mol. The molecule has 1 aromatic heterocycles. The summed E-state index contributed by atoms with van der Waals surface area (Å²) in [5.74, 6) is 0.537. The first-order valence-corrected chi connectivity index (χ1v) is 10.5. The lowest BCUT2D eigenvalue weighted by Crippen LogP contribution is -2.17. The van der Waals surface area contributed by atoms with Crippen molar-refractivity contribution in [2.24, 2.45) is 5.10 Å². The zero-order chi connectivity index (χ0) is 21.8. The second-order valence-corrected chi connectivity index (χ2v) is 8.03. The van der Waals surface area contributed by atoms with Gasteiger partial charge >= 0.3 is 10.1 Å². The Labute approximate surface area is 178 Å². The molecule has 0 spiro atoms. The van der Waals surface area contributed by atoms with E-state index < -0.39 is 16.0 Å². The lowest BCUT2D eigenvalue weighted by Gasteiger charge is -2.10. The number of amides is 1. The topological polar surface area (TPSA) is 116 Å². The third-order valence-electron chi connectivity index (χ3n) is 4.33. The first kappa shape index (κ1) is 20.4. The number of carbonyl (C=O) groups excluding carboxylic acids is 1. The molecule has 1 aliphatic heterocycles. The van der Waals surface area contributed by atoms with Crippen molar-refractivity contribution in [1.29, 1.82) is 0 Å². The van der Waals surface area contributed by atoms with Gasteiger partial charge in [0.1, 0.15) is 10.6 Å². The van der Waals surface area contributed by atoms with Crippen LogP contribution in [0.15, 0.2) is 70.9 Å². The molecule has 0 radical (unpaired) electrons. The average molecular weight is 439 g/mol. The van der Waals surface area contributed by atoms with Gasteiger partial charge in [0, 0.05) is 24.0 Å². The van der Waals surface area contributed by atoms with E-state index in [2.05, 4.69) is 15.5 Å². The van der Waals surface area contributed by atoms with Gasteiger partial charge in [-0.3, -0.25) is 9.78 Å². The Hall–Kier alpha value is -3.92. The molecule has 1 aliphatic rings. The molecule has 4 rings (SSSR count). The maximum absolute atomic E-state index is 12.8. The van der Waals surface area contributed by atoms with E-state index >= 15 is 0 Å². The molecule has 1 N–H and O–H groups in total. The van der Waals surface area contributed by atoms with Gasteiger partial charge < -0.3 is 13.7 Å². The molecule has 2 aromatic carbocycles. The van der Waals surface area contributed by atoms with Gasteiger partial charge in [0.2, 0.25) is 6.79 Å². The number of carbonyl (C=O) groups is 1. The number of ether oxygens (including phenoxy) is 2. The molecule has 158 valence electrons. The van der Waals surface area contributed by atoms with Crippen LogP contribution in [0.1, 0.15) is 21.5 Å². The van der Waals surface area contributed by atoms with Crippen LogP contribution in [-0.2, 0) is 10.1 Å². The van der Waals surface area contributed by atoms with Gasteiger partial charge in [-0.05, 0) is 48.4 Å². The molecular formula is C21H17N3O6S. The Morgan fingerprint density at radius 2 is 1.87 bits per heavy atom. The zero-order valence-corrected chi connectivity index (χ0v) is 17.1. The highest BCUT2D eigenvalue weighted by atomic mass is 32.2. The number of rotatable bonds is 6. The molecule has 0 bridgehead atoms. The van der Waals surface area contributed by atoms with Gasteiger partial charge in [-0.1, -0.05) is 12.1 Å². The fourth-order valence-corrected chi connectivity index (χ4v) is 4.00. The van der Waals surface area contributed by atoms with Crippen molar-refractivity contribution in [1.82, 2.24) is 10.4 Å². The normalized spacial score (nSPS) is 12.7. The number of pyridine rings is 1. The lowest BCUT2D eigenvalue weighted by atomic mass is 10.2. The standard InChI is InChI=1S/C21H17N3O6S/c1-14-9-18-19(29-13-28-18)11-20(14)31(26,27)30-17-4-2-3-15(10-17)12-23-24-21(25)16-5-7-22-8-6-16/h2-12H,13H2,1H3,(H,24,25)/b23-12+.